The lowest BCUT2D eigenvalue weighted by molar-refractivity contribution is -0.140. The Kier molecular flexibility index (Phi) is 10.6. The fourth-order valence-electron chi connectivity index (χ4n) is 3.98. The topological polar surface area (TPSA) is 87.7 Å². The second-order valence-electron chi connectivity index (χ2n) is 10.4. The van der Waals surface area contributed by atoms with E-state index in [0.717, 1.165) is 28.7 Å². The van der Waals surface area contributed by atoms with Gasteiger partial charge in [0.25, 0.3) is 5.91 Å². The van der Waals surface area contributed by atoms with Crippen molar-refractivity contribution in [1.82, 2.24) is 10.2 Å². The number of benzene rings is 2. The van der Waals surface area contributed by atoms with E-state index in [-0.39, 0.29) is 11.8 Å². The van der Waals surface area contributed by atoms with Crippen LogP contribution in [0.15, 0.2) is 36.4 Å². The van der Waals surface area contributed by atoms with Crippen LogP contribution < -0.4 is 10.6 Å². The van der Waals surface area contributed by atoms with Gasteiger partial charge in [0.1, 0.15) is 17.7 Å². The monoisotopic (exact) mass is 529 g/mol. The fraction of sp³-hybridized carbons (Fsp3) is 0.483. The highest BCUT2D eigenvalue weighted by atomic mass is 35.5. The van der Waals surface area contributed by atoms with Gasteiger partial charge in [0.2, 0.25) is 5.91 Å². The predicted molar refractivity (Wildman–Crippen MR) is 149 cm³/mol. The molecular formula is C29H40ClN3O4. The largest absolute Gasteiger partial charge is 0.444 e. The molecule has 2 unspecified atom stereocenters. The summed E-state index contributed by atoms with van der Waals surface area (Å²) in [5.41, 5.74) is 3.18. The number of para-hydroxylation sites is 1. The Bertz CT molecular complexity index is 1110. The van der Waals surface area contributed by atoms with Crippen LogP contribution in [0.4, 0.5) is 10.5 Å². The molecular weight excluding hydrogens is 490 g/mol. The summed E-state index contributed by atoms with van der Waals surface area (Å²) in [7, 11) is 0. The van der Waals surface area contributed by atoms with Crippen LogP contribution in [0.5, 0.6) is 0 Å². The number of unbranched alkanes of at least 4 members (excludes halogenated alkanes) is 1. The van der Waals surface area contributed by atoms with Gasteiger partial charge in [0.15, 0.2) is 0 Å². The van der Waals surface area contributed by atoms with Crippen molar-refractivity contribution in [2.75, 3.05) is 11.9 Å². The molecule has 0 aliphatic carbocycles. The molecule has 0 saturated heterocycles. The molecule has 2 N–H and O–H groups in total. The molecule has 0 bridgehead atoms. The molecule has 2 rings (SSSR count). The number of carbonyl (C=O) groups is 3. The maximum atomic E-state index is 13.9. The third kappa shape index (κ3) is 8.49. The van der Waals surface area contributed by atoms with Crippen molar-refractivity contribution in [2.45, 2.75) is 85.9 Å². The fourth-order valence-corrected chi connectivity index (χ4v) is 4.25. The van der Waals surface area contributed by atoms with Gasteiger partial charge in [0, 0.05) is 6.54 Å². The number of hydrogen-bond acceptors (Lipinski definition) is 4. The van der Waals surface area contributed by atoms with E-state index in [1.807, 2.05) is 58.0 Å². The number of amides is 3. The summed E-state index contributed by atoms with van der Waals surface area (Å²) in [6.45, 7) is 14.9. The van der Waals surface area contributed by atoms with Crippen LogP contribution in [0.3, 0.4) is 0 Å². The Balaban J connectivity index is 2.53. The highest BCUT2D eigenvalue weighted by Gasteiger charge is 2.35. The molecule has 2 aromatic carbocycles. The van der Waals surface area contributed by atoms with Gasteiger partial charge in [-0.2, -0.15) is 0 Å². The van der Waals surface area contributed by atoms with E-state index in [2.05, 4.69) is 10.6 Å². The van der Waals surface area contributed by atoms with E-state index in [1.54, 1.807) is 38.7 Å². The first-order chi connectivity index (χ1) is 17.2. The smallest absolute Gasteiger partial charge is 0.408 e. The molecule has 0 saturated carbocycles. The van der Waals surface area contributed by atoms with E-state index in [4.69, 9.17) is 16.3 Å². The second kappa shape index (κ2) is 13.0. The molecule has 0 aromatic heterocycles. The van der Waals surface area contributed by atoms with Gasteiger partial charge in [-0.1, -0.05) is 60.8 Å². The third-order valence-corrected chi connectivity index (χ3v) is 6.21. The third-order valence-electron chi connectivity index (χ3n) is 5.90. The Labute approximate surface area is 225 Å². The van der Waals surface area contributed by atoms with E-state index >= 15 is 0 Å². The summed E-state index contributed by atoms with van der Waals surface area (Å²) >= 11 is 6.41. The van der Waals surface area contributed by atoms with Gasteiger partial charge in [-0.25, -0.2) is 4.79 Å². The molecule has 8 heteroatoms. The van der Waals surface area contributed by atoms with Crippen molar-refractivity contribution < 1.29 is 19.1 Å². The number of nitrogens with one attached hydrogen (secondary N) is 2. The minimum Gasteiger partial charge on any atom is -0.444 e. The number of nitrogens with zero attached hydrogens (tertiary/aromatic N) is 1. The predicted octanol–water partition coefficient (Wildman–Crippen LogP) is 6.49. The normalized spacial score (nSPS) is 12.9. The lowest BCUT2D eigenvalue weighted by atomic mass is 9.95. The molecule has 0 fully saturated rings. The van der Waals surface area contributed by atoms with Gasteiger partial charge in [-0.05, 0) is 77.6 Å². The van der Waals surface area contributed by atoms with Crippen LogP contribution in [-0.2, 0) is 14.3 Å². The zero-order valence-corrected chi connectivity index (χ0v) is 24.0. The van der Waals surface area contributed by atoms with Crippen LogP contribution in [0, 0.1) is 20.8 Å². The molecule has 37 heavy (non-hydrogen) atoms. The van der Waals surface area contributed by atoms with Gasteiger partial charge in [0.05, 0.1) is 10.7 Å². The number of carbonyl (C=O) groups excluding carboxylic acids is 3. The number of anilines is 1. The Morgan fingerprint density at radius 2 is 1.73 bits per heavy atom. The van der Waals surface area contributed by atoms with Gasteiger partial charge >= 0.3 is 6.09 Å². The first-order valence-electron chi connectivity index (χ1n) is 12.7. The standard InChI is InChI=1S/C29H40ClN3O4/c1-9-10-16-33(27(35)21(5)31-28(36)37-29(6,7)8)25(22-17-18(2)14-15-19(22)3)26(34)32-24-20(4)12-11-13-23(24)30/h11-15,17,21,25H,9-10,16H2,1-8H3,(H,31,36)(H,32,34). The summed E-state index contributed by atoms with van der Waals surface area (Å²) in [6.07, 6.45) is 0.816. The van der Waals surface area contributed by atoms with E-state index < -0.39 is 23.8 Å². The summed E-state index contributed by atoms with van der Waals surface area (Å²) in [4.78, 5) is 41.7. The average Bonchev–Trinajstić information content (AvgIpc) is 2.79. The molecule has 0 radical (unpaired) electrons. The van der Waals surface area contributed by atoms with Crippen LogP contribution >= 0.6 is 11.6 Å². The van der Waals surface area contributed by atoms with E-state index in [0.29, 0.717) is 23.7 Å². The molecule has 0 aliphatic rings. The highest BCUT2D eigenvalue weighted by molar-refractivity contribution is 6.34. The number of halogens is 1. The van der Waals surface area contributed by atoms with Crippen LogP contribution in [-0.4, -0.2) is 41.0 Å². The van der Waals surface area contributed by atoms with E-state index in [1.165, 1.54) is 0 Å². The van der Waals surface area contributed by atoms with Crippen LogP contribution in [0.1, 0.15) is 75.8 Å². The van der Waals surface area contributed by atoms with Crippen molar-refractivity contribution in [3.63, 3.8) is 0 Å². The molecule has 0 heterocycles. The molecule has 2 atom stereocenters. The van der Waals surface area contributed by atoms with Crippen molar-refractivity contribution in [3.8, 4) is 0 Å². The van der Waals surface area contributed by atoms with Crippen molar-refractivity contribution in [1.29, 1.82) is 0 Å². The van der Waals surface area contributed by atoms with Crippen LogP contribution in [0.2, 0.25) is 5.02 Å². The minimum atomic E-state index is -0.933. The quantitative estimate of drug-likeness (QED) is 0.389. The second-order valence-corrected chi connectivity index (χ2v) is 10.8. The SMILES string of the molecule is CCCCN(C(=O)C(C)NC(=O)OC(C)(C)C)C(C(=O)Nc1c(C)cccc1Cl)c1cc(C)ccc1C. The molecule has 202 valence electrons. The van der Waals surface area contributed by atoms with Gasteiger partial charge in [-0.3, -0.25) is 9.59 Å². The van der Waals surface area contributed by atoms with Crippen molar-refractivity contribution >= 4 is 35.2 Å². The highest BCUT2D eigenvalue weighted by Crippen LogP contribution is 2.31. The zero-order chi connectivity index (χ0) is 27.9. The van der Waals surface area contributed by atoms with Crippen molar-refractivity contribution in [2.24, 2.45) is 0 Å². The average molecular weight is 530 g/mol. The first-order valence-corrected chi connectivity index (χ1v) is 13.1. The molecule has 2 aromatic rings. The van der Waals surface area contributed by atoms with E-state index in [9.17, 15) is 14.4 Å². The number of rotatable bonds is 9. The summed E-state index contributed by atoms with van der Waals surface area (Å²) in [5, 5.41) is 6.01. The number of ether oxygens (including phenoxy) is 1. The Morgan fingerprint density at radius 1 is 1.05 bits per heavy atom. The Hall–Kier alpha value is -3.06. The molecule has 7 nitrogen and oxygen atoms in total. The maximum absolute atomic E-state index is 13.9. The lowest BCUT2D eigenvalue weighted by Gasteiger charge is -2.34. The summed E-state index contributed by atoms with van der Waals surface area (Å²) in [5.74, 6) is -0.755. The van der Waals surface area contributed by atoms with Crippen LogP contribution in [0.25, 0.3) is 0 Å². The summed E-state index contributed by atoms with van der Waals surface area (Å²) in [6, 6.07) is 9.39. The number of hydrogen-bond donors (Lipinski definition) is 2. The molecule has 0 spiro atoms. The first kappa shape index (κ1) is 30.2. The van der Waals surface area contributed by atoms with Gasteiger partial charge < -0.3 is 20.3 Å². The number of aryl methyl sites for hydroxylation is 3. The molecule has 3 amide bonds. The van der Waals surface area contributed by atoms with Gasteiger partial charge in [-0.15, -0.1) is 0 Å². The maximum Gasteiger partial charge on any atom is 0.408 e. The Morgan fingerprint density at radius 3 is 2.32 bits per heavy atom. The zero-order valence-electron chi connectivity index (χ0n) is 23.2. The summed E-state index contributed by atoms with van der Waals surface area (Å²) < 4.78 is 5.34. The van der Waals surface area contributed by atoms with Crippen molar-refractivity contribution in [3.05, 3.63) is 63.7 Å². The lowest BCUT2D eigenvalue weighted by Crippen LogP contribution is -2.51. The molecule has 0 aliphatic heterocycles. The minimum absolute atomic E-state index is 0.336. The number of alkyl carbamates (subject to hydrolysis) is 1.